The largest absolute Gasteiger partial charge is 0.468 e. The molecule has 1 heterocycles. The van der Waals surface area contributed by atoms with Crippen LogP contribution in [0.4, 0.5) is 0 Å². The molecule has 1 amide bonds. The van der Waals surface area contributed by atoms with Gasteiger partial charge in [0, 0.05) is 30.7 Å². The van der Waals surface area contributed by atoms with Gasteiger partial charge < -0.3 is 9.64 Å². The molecule has 6 heteroatoms. The molecule has 1 aromatic carbocycles. The summed E-state index contributed by atoms with van der Waals surface area (Å²) in [6.07, 6.45) is 0. The molecule has 0 unspecified atom stereocenters. The Hall–Kier alpha value is -1.40. The molecule has 0 N–H and O–H groups in total. The van der Waals surface area contributed by atoms with E-state index in [-0.39, 0.29) is 18.4 Å². The first kappa shape index (κ1) is 15.0. The van der Waals surface area contributed by atoms with E-state index in [0.717, 1.165) is 4.47 Å². The van der Waals surface area contributed by atoms with Crippen LogP contribution in [-0.4, -0.2) is 61.5 Å². The van der Waals surface area contributed by atoms with Gasteiger partial charge in [-0.1, -0.05) is 12.1 Å². The smallest absolute Gasteiger partial charge is 0.319 e. The van der Waals surface area contributed by atoms with Gasteiger partial charge in [0.25, 0.3) is 5.91 Å². The van der Waals surface area contributed by atoms with E-state index in [1.54, 1.807) is 0 Å². The molecule has 1 aromatic rings. The number of methoxy groups -OCH3 is 1. The second-order valence-corrected chi connectivity index (χ2v) is 5.48. The summed E-state index contributed by atoms with van der Waals surface area (Å²) < 4.78 is 5.45. The van der Waals surface area contributed by atoms with E-state index >= 15 is 0 Å². The second-order valence-electron chi connectivity index (χ2n) is 4.62. The van der Waals surface area contributed by atoms with Crippen LogP contribution in [0.25, 0.3) is 0 Å². The first-order chi connectivity index (χ1) is 9.61. The van der Waals surface area contributed by atoms with Crippen LogP contribution in [0.3, 0.4) is 0 Å². The Kier molecular flexibility index (Phi) is 5.14. The normalized spacial score (nSPS) is 16.0. The van der Waals surface area contributed by atoms with Crippen LogP contribution in [0, 0.1) is 0 Å². The summed E-state index contributed by atoms with van der Waals surface area (Å²) in [5.41, 5.74) is 0.675. The summed E-state index contributed by atoms with van der Waals surface area (Å²) in [5.74, 6) is -0.217. The Bertz CT molecular complexity index is 499. The Morgan fingerprint density at radius 2 is 1.85 bits per heavy atom. The van der Waals surface area contributed by atoms with Crippen LogP contribution < -0.4 is 0 Å². The van der Waals surface area contributed by atoms with E-state index in [0.29, 0.717) is 31.7 Å². The number of carbonyl (C=O) groups is 2. The van der Waals surface area contributed by atoms with Crippen LogP contribution in [0.15, 0.2) is 28.7 Å². The molecule has 0 saturated carbocycles. The number of amides is 1. The zero-order valence-corrected chi connectivity index (χ0v) is 12.9. The molecule has 1 saturated heterocycles. The highest BCUT2D eigenvalue weighted by Gasteiger charge is 2.24. The van der Waals surface area contributed by atoms with Crippen LogP contribution in [0.2, 0.25) is 0 Å². The monoisotopic (exact) mass is 340 g/mol. The first-order valence-electron chi connectivity index (χ1n) is 6.45. The van der Waals surface area contributed by atoms with Crippen molar-refractivity contribution in [2.45, 2.75) is 0 Å². The number of carbonyl (C=O) groups excluding carboxylic acids is 2. The fraction of sp³-hybridized carbons (Fsp3) is 0.429. The van der Waals surface area contributed by atoms with Gasteiger partial charge >= 0.3 is 5.97 Å². The number of nitrogens with zero attached hydrogens (tertiary/aromatic N) is 2. The van der Waals surface area contributed by atoms with Gasteiger partial charge in [0.2, 0.25) is 0 Å². The number of piperazine rings is 1. The molecule has 0 radical (unpaired) electrons. The zero-order valence-electron chi connectivity index (χ0n) is 11.3. The number of hydrogen-bond donors (Lipinski definition) is 0. The predicted octanol–water partition coefficient (Wildman–Crippen LogP) is 1.38. The zero-order chi connectivity index (χ0) is 14.5. The molecule has 1 aliphatic rings. The third kappa shape index (κ3) is 3.58. The Labute approximate surface area is 126 Å². The lowest BCUT2D eigenvalue weighted by molar-refractivity contribution is -0.142. The van der Waals surface area contributed by atoms with Gasteiger partial charge in [-0.05, 0) is 28.1 Å². The lowest BCUT2D eigenvalue weighted by atomic mass is 10.2. The Morgan fingerprint density at radius 1 is 1.20 bits per heavy atom. The number of hydrogen-bond acceptors (Lipinski definition) is 4. The molecule has 20 heavy (non-hydrogen) atoms. The second kappa shape index (κ2) is 6.85. The number of halogens is 1. The standard InChI is InChI=1S/C14H17BrN2O3/c1-20-13(18)10-16-6-8-17(9-7-16)14(19)11-4-2-3-5-12(11)15/h2-5H,6-10H2,1H3. The summed E-state index contributed by atoms with van der Waals surface area (Å²) in [6.45, 7) is 2.90. The summed E-state index contributed by atoms with van der Waals surface area (Å²) in [6, 6.07) is 7.41. The average Bonchev–Trinajstić information content (AvgIpc) is 2.47. The fourth-order valence-corrected chi connectivity index (χ4v) is 2.62. The molecular weight excluding hydrogens is 324 g/mol. The van der Waals surface area contributed by atoms with E-state index in [1.807, 2.05) is 34.1 Å². The highest BCUT2D eigenvalue weighted by atomic mass is 79.9. The van der Waals surface area contributed by atoms with Gasteiger partial charge in [-0.3, -0.25) is 14.5 Å². The molecule has 0 atom stereocenters. The van der Waals surface area contributed by atoms with Crippen molar-refractivity contribution >= 4 is 27.8 Å². The van der Waals surface area contributed by atoms with Gasteiger partial charge in [-0.25, -0.2) is 0 Å². The maximum Gasteiger partial charge on any atom is 0.319 e. The number of rotatable bonds is 3. The third-order valence-electron chi connectivity index (χ3n) is 3.34. The minimum Gasteiger partial charge on any atom is -0.468 e. The topological polar surface area (TPSA) is 49.9 Å². The van der Waals surface area contributed by atoms with E-state index in [9.17, 15) is 9.59 Å². The van der Waals surface area contributed by atoms with Crippen LogP contribution in [-0.2, 0) is 9.53 Å². The van der Waals surface area contributed by atoms with Crippen molar-refractivity contribution in [1.82, 2.24) is 9.80 Å². The van der Waals surface area contributed by atoms with E-state index in [2.05, 4.69) is 20.7 Å². The number of benzene rings is 1. The Balaban J connectivity index is 1.92. The average molecular weight is 341 g/mol. The predicted molar refractivity (Wildman–Crippen MR) is 78.5 cm³/mol. The van der Waals surface area contributed by atoms with E-state index < -0.39 is 0 Å². The van der Waals surface area contributed by atoms with Gasteiger partial charge in [0.15, 0.2) is 0 Å². The minimum absolute atomic E-state index is 0.0233. The SMILES string of the molecule is COC(=O)CN1CCN(C(=O)c2ccccc2Br)CC1. The molecule has 1 fully saturated rings. The van der Waals surface area contributed by atoms with Crippen molar-refractivity contribution in [3.05, 3.63) is 34.3 Å². The minimum atomic E-state index is -0.240. The highest BCUT2D eigenvalue weighted by molar-refractivity contribution is 9.10. The lowest BCUT2D eigenvalue weighted by Crippen LogP contribution is -2.50. The summed E-state index contributed by atoms with van der Waals surface area (Å²) in [7, 11) is 1.38. The van der Waals surface area contributed by atoms with Gasteiger partial charge in [0.1, 0.15) is 0 Å². The molecule has 2 rings (SSSR count). The van der Waals surface area contributed by atoms with Crippen molar-refractivity contribution in [2.75, 3.05) is 39.8 Å². The first-order valence-corrected chi connectivity index (χ1v) is 7.24. The molecule has 0 aromatic heterocycles. The van der Waals surface area contributed by atoms with Crippen LogP contribution >= 0.6 is 15.9 Å². The van der Waals surface area contributed by atoms with E-state index in [4.69, 9.17) is 0 Å². The molecule has 0 spiro atoms. The maximum absolute atomic E-state index is 12.4. The highest BCUT2D eigenvalue weighted by Crippen LogP contribution is 2.18. The summed E-state index contributed by atoms with van der Waals surface area (Å²) in [5, 5.41) is 0. The molecule has 1 aliphatic heterocycles. The van der Waals surface area contributed by atoms with Crippen molar-refractivity contribution in [2.24, 2.45) is 0 Å². The van der Waals surface area contributed by atoms with Crippen molar-refractivity contribution in [3.63, 3.8) is 0 Å². The number of ether oxygens (including phenoxy) is 1. The van der Waals surface area contributed by atoms with Gasteiger partial charge in [-0.2, -0.15) is 0 Å². The summed E-state index contributed by atoms with van der Waals surface area (Å²) in [4.78, 5) is 27.4. The third-order valence-corrected chi connectivity index (χ3v) is 4.04. The maximum atomic E-state index is 12.4. The Morgan fingerprint density at radius 3 is 2.45 bits per heavy atom. The quantitative estimate of drug-likeness (QED) is 0.780. The van der Waals surface area contributed by atoms with Crippen LogP contribution in [0.5, 0.6) is 0 Å². The number of esters is 1. The molecule has 0 aliphatic carbocycles. The van der Waals surface area contributed by atoms with E-state index in [1.165, 1.54) is 7.11 Å². The van der Waals surface area contributed by atoms with Crippen LogP contribution in [0.1, 0.15) is 10.4 Å². The molecular formula is C14H17BrN2O3. The molecule has 0 bridgehead atoms. The fourth-order valence-electron chi connectivity index (χ4n) is 2.16. The van der Waals surface area contributed by atoms with Crippen molar-refractivity contribution < 1.29 is 14.3 Å². The van der Waals surface area contributed by atoms with Gasteiger partial charge in [-0.15, -0.1) is 0 Å². The molecule has 5 nitrogen and oxygen atoms in total. The van der Waals surface area contributed by atoms with Crippen molar-refractivity contribution in [3.8, 4) is 0 Å². The molecule has 108 valence electrons. The van der Waals surface area contributed by atoms with Crippen molar-refractivity contribution in [1.29, 1.82) is 0 Å². The lowest BCUT2D eigenvalue weighted by Gasteiger charge is -2.34. The van der Waals surface area contributed by atoms with Gasteiger partial charge in [0.05, 0.1) is 19.2 Å². The summed E-state index contributed by atoms with van der Waals surface area (Å²) >= 11 is 3.40.